The van der Waals surface area contributed by atoms with Gasteiger partial charge >= 0.3 is 5.97 Å². The first kappa shape index (κ1) is 14.0. The minimum absolute atomic E-state index is 0.0545. The molecule has 0 saturated heterocycles. The fraction of sp³-hybridized carbons (Fsp3) is 0.333. The van der Waals surface area contributed by atoms with Crippen LogP contribution in [-0.4, -0.2) is 25.0 Å². The van der Waals surface area contributed by atoms with Crippen molar-refractivity contribution in [2.24, 2.45) is 5.73 Å². The number of rotatable bonds is 6. The van der Waals surface area contributed by atoms with E-state index in [4.69, 9.17) is 10.5 Å². The van der Waals surface area contributed by atoms with Crippen LogP contribution in [0.5, 0.6) is 0 Å². The Hall–Kier alpha value is -2.11. The fourth-order valence-electron chi connectivity index (χ4n) is 1.41. The maximum absolute atomic E-state index is 12.9. The van der Waals surface area contributed by atoms with Crippen LogP contribution in [0.4, 0.5) is 10.1 Å². The van der Waals surface area contributed by atoms with Crippen molar-refractivity contribution in [3.8, 4) is 0 Å². The van der Waals surface area contributed by atoms with E-state index in [1.807, 2.05) is 0 Å². The Balaban J connectivity index is 2.62. The molecule has 0 spiro atoms. The highest BCUT2D eigenvalue weighted by Gasteiger charge is 2.09. The van der Waals surface area contributed by atoms with E-state index in [0.29, 0.717) is 12.3 Å². The quantitative estimate of drug-likeness (QED) is 0.749. The van der Waals surface area contributed by atoms with Crippen molar-refractivity contribution in [2.45, 2.75) is 13.3 Å². The zero-order chi connectivity index (χ0) is 13.5. The number of anilines is 1. The minimum Gasteiger partial charge on any atom is -0.466 e. The summed E-state index contributed by atoms with van der Waals surface area (Å²) < 4.78 is 17.7. The molecular formula is C12H15FN2O3. The van der Waals surface area contributed by atoms with E-state index >= 15 is 0 Å². The zero-order valence-electron chi connectivity index (χ0n) is 10.0. The van der Waals surface area contributed by atoms with E-state index in [9.17, 15) is 14.0 Å². The van der Waals surface area contributed by atoms with Crippen molar-refractivity contribution in [1.82, 2.24) is 0 Å². The molecule has 98 valence electrons. The molecule has 0 atom stereocenters. The number of nitrogens with two attached hydrogens (primary N) is 1. The second-order valence-electron chi connectivity index (χ2n) is 3.54. The minimum atomic E-state index is -0.729. The van der Waals surface area contributed by atoms with E-state index in [0.717, 1.165) is 6.07 Å². The molecule has 0 bridgehead atoms. The van der Waals surface area contributed by atoms with Crippen molar-refractivity contribution in [3.63, 3.8) is 0 Å². The molecule has 0 saturated carbocycles. The smallest absolute Gasteiger partial charge is 0.307 e. The predicted molar refractivity (Wildman–Crippen MR) is 64.7 cm³/mol. The van der Waals surface area contributed by atoms with Crippen molar-refractivity contribution in [2.75, 3.05) is 18.5 Å². The highest BCUT2D eigenvalue weighted by atomic mass is 19.1. The second kappa shape index (κ2) is 6.58. The summed E-state index contributed by atoms with van der Waals surface area (Å²) in [4.78, 5) is 22.2. The molecule has 0 aliphatic carbocycles. The molecule has 0 aliphatic rings. The molecule has 0 fully saturated rings. The van der Waals surface area contributed by atoms with Gasteiger partial charge in [0.05, 0.1) is 18.6 Å². The topological polar surface area (TPSA) is 81.4 Å². The number of carbonyl (C=O) groups is 2. The van der Waals surface area contributed by atoms with Crippen LogP contribution in [0, 0.1) is 5.82 Å². The van der Waals surface area contributed by atoms with Gasteiger partial charge in [-0.1, -0.05) is 0 Å². The average Bonchev–Trinajstić information content (AvgIpc) is 2.31. The molecule has 1 rings (SSSR count). The summed E-state index contributed by atoms with van der Waals surface area (Å²) in [5, 5.41) is 2.84. The van der Waals surface area contributed by atoms with E-state index in [2.05, 4.69) is 5.32 Å². The van der Waals surface area contributed by atoms with Gasteiger partial charge in [-0.25, -0.2) is 4.39 Å². The van der Waals surface area contributed by atoms with E-state index in [1.54, 1.807) is 6.92 Å². The average molecular weight is 254 g/mol. The number of esters is 1. The molecular weight excluding hydrogens is 239 g/mol. The third-order valence-corrected chi connectivity index (χ3v) is 2.20. The molecule has 1 aromatic rings. The van der Waals surface area contributed by atoms with Gasteiger partial charge in [-0.15, -0.1) is 0 Å². The van der Waals surface area contributed by atoms with Crippen molar-refractivity contribution in [1.29, 1.82) is 0 Å². The summed E-state index contributed by atoms with van der Waals surface area (Å²) in [7, 11) is 0. The highest BCUT2D eigenvalue weighted by Crippen LogP contribution is 2.16. The summed E-state index contributed by atoms with van der Waals surface area (Å²) >= 11 is 0. The molecule has 0 heterocycles. The third kappa shape index (κ3) is 4.04. The second-order valence-corrected chi connectivity index (χ2v) is 3.54. The summed E-state index contributed by atoms with van der Waals surface area (Å²) in [5.74, 6) is -1.61. The number of benzene rings is 1. The van der Waals surface area contributed by atoms with Crippen molar-refractivity contribution < 1.29 is 18.7 Å². The molecule has 1 amide bonds. The first-order valence-electron chi connectivity index (χ1n) is 5.53. The Labute approximate surface area is 104 Å². The number of primary amides is 1. The van der Waals surface area contributed by atoms with Gasteiger partial charge in [0.15, 0.2) is 0 Å². The molecule has 5 nitrogen and oxygen atoms in total. The van der Waals surface area contributed by atoms with Gasteiger partial charge in [-0.3, -0.25) is 9.59 Å². The number of carbonyl (C=O) groups excluding carboxylic acids is 2. The lowest BCUT2D eigenvalue weighted by atomic mass is 10.1. The molecule has 18 heavy (non-hydrogen) atoms. The van der Waals surface area contributed by atoms with E-state index < -0.39 is 11.7 Å². The Bertz CT molecular complexity index is 449. The largest absolute Gasteiger partial charge is 0.466 e. The Morgan fingerprint density at radius 1 is 1.44 bits per heavy atom. The first-order chi connectivity index (χ1) is 8.54. The number of hydrogen-bond acceptors (Lipinski definition) is 4. The number of nitrogens with one attached hydrogen (secondary N) is 1. The Kier molecular flexibility index (Phi) is 5.10. The third-order valence-electron chi connectivity index (χ3n) is 2.20. The van der Waals surface area contributed by atoms with Gasteiger partial charge in [-0.05, 0) is 25.1 Å². The van der Waals surface area contributed by atoms with Gasteiger partial charge in [0.2, 0.25) is 0 Å². The van der Waals surface area contributed by atoms with Crippen LogP contribution in [0.2, 0.25) is 0 Å². The molecule has 1 aromatic carbocycles. The fourth-order valence-corrected chi connectivity index (χ4v) is 1.41. The lowest BCUT2D eigenvalue weighted by Crippen LogP contribution is -2.17. The molecule has 6 heteroatoms. The molecule has 0 unspecified atom stereocenters. The molecule has 3 N–H and O–H groups in total. The van der Waals surface area contributed by atoms with Gasteiger partial charge in [0, 0.05) is 12.2 Å². The monoisotopic (exact) mass is 254 g/mol. The van der Waals surface area contributed by atoms with Crippen LogP contribution in [0.3, 0.4) is 0 Å². The number of halogens is 1. The van der Waals surface area contributed by atoms with Crippen LogP contribution >= 0.6 is 0 Å². The first-order valence-corrected chi connectivity index (χ1v) is 5.53. The molecule has 0 radical (unpaired) electrons. The standard InChI is InChI=1S/C12H15FN2O3/c1-2-18-11(16)5-6-15-10-4-3-8(13)7-9(10)12(14)17/h3-4,7,15H,2,5-6H2,1H3,(H2,14,17). The lowest BCUT2D eigenvalue weighted by Gasteiger charge is -2.09. The summed E-state index contributed by atoms with van der Waals surface area (Å²) in [6, 6.07) is 3.66. The maximum atomic E-state index is 12.9. The SMILES string of the molecule is CCOC(=O)CCNc1ccc(F)cc1C(N)=O. The maximum Gasteiger partial charge on any atom is 0.307 e. The van der Waals surface area contributed by atoms with Crippen molar-refractivity contribution in [3.05, 3.63) is 29.6 Å². The van der Waals surface area contributed by atoms with Gasteiger partial charge in [0.1, 0.15) is 5.82 Å². The number of hydrogen-bond donors (Lipinski definition) is 2. The molecule has 0 aromatic heterocycles. The number of amides is 1. The lowest BCUT2D eigenvalue weighted by molar-refractivity contribution is -0.142. The van der Waals surface area contributed by atoms with Crippen LogP contribution in [0.25, 0.3) is 0 Å². The zero-order valence-corrected chi connectivity index (χ0v) is 10.0. The van der Waals surface area contributed by atoms with Crippen LogP contribution in [0.15, 0.2) is 18.2 Å². The van der Waals surface area contributed by atoms with E-state index in [1.165, 1.54) is 12.1 Å². The normalized spacial score (nSPS) is 9.89. The van der Waals surface area contributed by atoms with Gasteiger partial charge in [0.25, 0.3) is 5.91 Å². The van der Waals surface area contributed by atoms with Crippen LogP contribution < -0.4 is 11.1 Å². The Morgan fingerprint density at radius 2 is 2.17 bits per heavy atom. The summed E-state index contributed by atoms with van der Waals surface area (Å²) in [5.41, 5.74) is 5.58. The van der Waals surface area contributed by atoms with Gasteiger partial charge in [-0.2, -0.15) is 0 Å². The summed E-state index contributed by atoms with van der Waals surface area (Å²) in [6.07, 6.45) is 0.156. The van der Waals surface area contributed by atoms with Gasteiger partial charge < -0.3 is 15.8 Å². The van der Waals surface area contributed by atoms with Crippen LogP contribution in [-0.2, 0) is 9.53 Å². The van der Waals surface area contributed by atoms with E-state index in [-0.39, 0.29) is 24.5 Å². The number of ether oxygens (including phenoxy) is 1. The Morgan fingerprint density at radius 3 is 2.78 bits per heavy atom. The predicted octanol–water partition coefficient (Wildman–Crippen LogP) is 1.29. The van der Waals surface area contributed by atoms with Crippen molar-refractivity contribution >= 4 is 17.6 Å². The van der Waals surface area contributed by atoms with Crippen LogP contribution in [0.1, 0.15) is 23.7 Å². The molecule has 0 aliphatic heterocycles. The highest BCUT2D eigenvalue weighted by molar-refractivity contribution is 5.98. The summed E-state index contributed by atoms with van der Waals surface area (Å²) in [6.45, 7) is 2.32.